The summed E-state index contributed by atoms with van der Waals surface area (Å²) in [5.41, 5.74) is 0.800. The molecule has 5 rings (SSSR count). The van der Waals surface area contributed by atoms with Crippen molar-refractivity contribution < 1.29 is 37.0 Å². The topological polar surface area (TPSA) is 110 Å². The Kier molecular flexibility index (Phi) is 8.95. The van der Waals surface area contributed by atoms with E-state index in [9.17, 15) is 27.6 Å². The number of alkyl halides is 3. The minimum absolute atomic E-state index is 0.0404. The van der Waals surface area contributed by atoms with Crippen LogP contribution in [0.2, 0.25) is 0 Å². The maximum absolute atomic E-state index is 13.5. The van der Waals surface area contributed by atoms with Crippen molar-refractivity contribution in [1.82, 2.24) is 15.2 Å². The number of halogens is 3. The van der Waals surface area contributed by atoms with Crippen molar-refractivity contribution >= 4 is 23.4 Å². The predicted molar refractivity (Wildman–Crippen MR) is 151 cm³/mol. The van der Waals surface area contributed by atoms with E-state index in [-0.39, 0.29) is 48.1 Å². The van der Waals surface area contributed by atoms with E-state index in [1.165, 1.54) is 6.07 Å². The number of rotatable bonds is 7. The maximum Gasteiger partial charge on any atom is 0.416 e. The van der Waals surface area contributed by atoms with Gasteiger partial charge in [-0.15, -0.1) is 0 Å². The highest BCUT2D eigenvalue weighted by Crippen LogP contribution is 2.33. The zero-order valence-electron chi connectivity index (χ0n) is 23.4. The molecule has 9 nitrogen and oxygen atoms in total. The molecule has 1 aromatic heterocycles. The Morgan fingerprint density at radius 2 is 1.79 bits per heavy atom. The van der Waals surface area contributed by atoms with Crippen LogP contribution in [0.15, 0.2) is 67.0 Å². The number of carbonyl (C=O) groups excluding carboxylic acids is 3. The molecular formula is C31H31F3N4O5. The van der Waals surface area contributed by atoms with Crippen LogP contribution in [-0.4, -0.2) is 66.1 Å². The minimum Gasteiger partial charge on any atom is -0.490 e. The summed E-state index contributed by atoms with van der Waals surface area (Å²) in [5.74, 6) is -0.743. The van der Waals surface area contributed by atoms with Crippen molar-refractivity contribution in [2.45, 2.75) is 50.1 Å². The Bertz CT molecular complexity index is 1470. The second-order valence-corrected chi connectivity index (χ2v) is 10.6. The average molecular weight is 597 g/mol. The van der Waals surface area contributed by atoms with Gasteiger partial charge in [-0.2, -0.15) is 13.2 Å². The van der Waals surface area contributed by atoms with E-state index < -0.39 is 23.8 Å². The Labute approximate surface area is 246 Å². The summed E-state index contributed by atoms with van der Waals surface area (Å²) in [5, 5.41) is 5.56. The molecule has 0 spiro atoms. The molecule has 0 bridgehead atoms. The molecule has 1 fully saturated rings. The molecule has 0 unspecified atom stereocenters. The van der Waals surface area contributed by atoms with Gasteiger partial charge in [0.1, 0.15) is 18.5 Å². The zero-order chi connectivity index (χ0) is 30.6. The van der Waals surface area contributed by atoms with Crippen LogP contribution in [0.1, 0.15) is 51.1 Å². The molecule has 3 amide bonds. The number of likely N-dealkylation sites (N-methyl/N-ethyl adjacent to an activating group) is 1. The second-order valence-electron chi connectivity index (χ2n) is 10.6. The average Bonchev–Trinajstić information content (AvgIpc) is 2.99. The van der Waals surface area contributed by atoms with E-state index >= 15 is 0 Å². The Balaban J connectivity index is 1.19. The molecular weight excluding hydrogens is 565 g/mol. The van der Waals surface area contributed by atoms with E-state index in [1.807, 2.05) is 12.1 Å². The standard InChI is InChI=1S/C31H31F3N4O5/c1-38-25-8-7-23(17-28(39)36-15-12-19-10-13-35-14-11-19)43-27(25)18-42-26-9-6-22(16-24(26)30(38)41)37-29(40)20-2-4-21(5-3-20)31(32,33)34/h2-6,9-11,13-14,16,23,25,27H,7-8,12,15,17-18H2,1H3,(H,36,39)(H,37,40)/t23-,25-,27-/m0/s1. The van der Waals surface area contributed by atoms with Crippen molar-refractivity contribution in [2.24, 2.45) is 0 Å². The molecule has 226 valence electrons. The number of pyridine rings is 1. The first kappa shape index (κ1) is 30.0. The van der Waals surface area contributed by atoms with Crippen molar-refractivity contribution in [3.63, 3.8) is 0 Å². The molecule has 0 radical (unpaired) electrons. The van der Waals surface area contributed by atoms with Crippen molar-refractivity contribution in [2.75, 3.05) is 25.5 Å². The van der Waals surface area contributed by atoms with Gasteiger partial charge < -0.3 is 25.0 Å². The summed E-state index contributed by atoms with van der Waals surface area (Å²) in [7, 11) is 1.68. The van der Waals surface area contributed by atoms with Gasteiger partial charge in [0.2, 0.25) is 5.91 Å². The number of hydrogen-bond acceptors (Lipinski definition) is 6. The van der Waals surface area contributed by atoms with Gasteiger partial charge in [0.25, 0.3) is 11.8 Å². The van der Waals surface area contributed by atoms with E-state index in [2.05, 4.69) is 15.6 Å². The Morgan fingerprint density at radius 3 is 2.51 bits per heavy atom. The summed E-state index contributed by atoms with van der Waals surface area (Å²) >= 11 is 0. The molecule has 2 aromatic carbocycles. The predicted octanol–water partition coefficient (Wildman–Crippen LogP) is 4.48. The van der Waals surface area contributed by atoms with Crippen LogP contribution in [0.25, 0.3) is 0 Å². The summed E-state index contributed by atoms with van der Waals surface area (Å²) in [6.07, 6.45) is 0.281. The molecule has 3 heterocycles. The van der Waals surface area contributed by atoms with Crippen LogP contribution in [0.3, 0.4) is 0 Å². The molecule has 12 heteroatoms. The van der Waals surface area contributed by atoms with E-state index in [1.54, 1.807) is 36.5 Å². The third kappa shape index (κ3) is 7.31. The fourth-order valence-corrected chi connectivity index (χ4v) is 5.29. The van der Waals surface area contributed by atoms with Gasteiger partial charge in [-0.1, -0.05) is 0 Å². The van der Waals surface area contributed by atoms with E-state index in [0.717, 1.165) is 29.8 Å². The highest BCUT2D eigenvalue weighted by Gasteiger charge is 2.39. The smallest absolute Gasteiger partial charge is 0.416 e. The minimum atomic E-state index is -4.50. The molecule has 2 aliphatic heterocycles. The largest absolute Gasteiger partial charge is 0.490 e. The van der Waals surface area contributed by atoms with Gasteiger partial charge in [0.05, 0.1) is 29.7 Å². The lowest BCUT2D eigenvalue weighted by atomic mass is 9.94. The molecule has 3 aromatic rings. The van der Waals surface area contributed by atoms with Crippen LogP contribution in [0.5, 0.6) is 5.75 Å². The number of anilines is 1. The van der Waals surface area contributed by atoms with Gasteiger partial charge in [0, 0.05) is 37.2 Å². The number of nitrogens with zero attached hydrogens (tertiary/aromatic N) is 2. The molecule has 43 heavy (non-hydrogen) atoms. The van der Waals surface area contributed by atoms with Gasteiger partial charge in [-0.25, -0.2) is 0 Å². The first-order chi connectivity index (χ1) is 20.6. The number of carbonyl (C=O) groups is 3. The lowest BCUT2D eigenvalue weighted by Gasteiger charge is -2.42. The number of ether oxygens (including phenoxy) is 2. The fraction of sp³-hybridized carbons (Fsp3) is 0.355. The molecule has 1 saturated heterocycles. The summed E-state index contributed by atoms with van der Waals surface area (Å²) in [6, 6.07) is 12.0. The van der Waals surface area contributed by atoms with Crippen LogP contribution >= 0.6 is 0 Å². The number of amides is 3. The van der Waals surface area contributed by atoms with E-state index in [0.29, 0.717) is 37.2 Å². The summed E-state index contributed by atoms with van der Waals surface area (Å²) < 4.78 is 50.8. The molecule has 3 atom stereocenters. The normalized spacial score (nSPS) is 20.1. The van der Waals surface area contributed by atoms with Gasteiger partial charge >= 0.3 is 6.18 Å². The molecule has 0 aliphatic carbocycles. The zero-order valence-corrected chi connectivity index (χ0v) is 23.4. The third-order valence-corrected chi connectivity index (χ3v) is 7.64. The maximum atomic E-state index is 13.5. The van der Waals surface area contributed by atoms with Crippen LogP contribution < -0.4 is 15.4 Å². The van der Waals surface area contributed by atoms with E-state index in [4.69, 9.17) is 9.47 Å². The quantitative estimate of drug-likeness (QED) is 0.416. The molecule has 2 N–H and O–H groups in total. The first-order valence-electron chi connectivity index (χ1n) is 13.9. The highest BCUT2D eigenvalue weighted by molar-refractivity contribution is 6.05. The Morgan fingerprint density at radius 1 is 1.05 bits per heavy atom. The molecule has 0 saturated carbocycles. The third-order valence-electron chi connectivity index (χ3n) is 7.64. The number of hydrogen-bond donors (Lipinski definition) is 2. The Hall–Kier alpha value is -4.45. The van der Waals surface area contributed by atoms with Gasteiger partial charge in [0.15, 0.2) is 0 Å². The second kappa shape index (κ2) is 12.8. The van der Waals surface area contributed by atoms with Crippen LogP contribution in [0.4, 0.5) is 18.9 Å². The van der Waals surface area contributed by atoms with Crippen molar-refractivity contribution in [3.8, 4) is 5.75 Å². The SMILES string of the molecule is CN1C(=O)c2cc(NC(=O)c3ccc(C(F)(F)F)cc3)ccc2OC[C@@H]2O[C@H](CC(=O)NCCc3ccncc3)CC[C@@H]21. The number of benzene rings is 2. The highest BCUT2D eigenvalue weighted by atomic mass is 19.4. The van der Waals surface area contributed by atoms with Gasteiger partial charge in [-0.05, 0) is 79.4 Å². The number of fused-ring (bicyclic) bond motifs is 2. The lowest BCUT2D eigenvalue weighted by molar-refractivity contribution is -0.137. The van der Waals surface area contributed by atoms with Gasteiger partial charge in [-0.3, -0.25) is 19.4 Å². The summed E-state index contributed by atoms with van der Waals surface area (Å²) in [4.78, 5) is 44.3. The van der Waals surface area contributed by atoms with Crippen molar-refractivity contribution in [3.05, 3.63) is 89.2 Å². The number of nitrogens with one attached hydrogen (secondary N) is 2. The summed E-state index contributed by atoms with van der Waals surface area (Å²) in [6.45, 7) is 0.665. The first-order valence-corrected chi connectivity index (χ1v) is 13.9. The molecule has 2 aliphatic rings. The fourth-order valence-electron chi connectivity index (χ4n) is 5.29. The number of aromatic nitrogens is 1. The van der Waals surface area contributed by atoms with Crippen LogP contribution in [-0.2, 0) is 22.1 Å². The lowest BCUT2D eigenvalue weighted by Crippen LogP contribution is -2.54. The monoisotopic (exact) mass is 596 g/mol. The van der Waals surface area contributed by atoms with Crippen molar-refractivity contribution in [1.29, 1.82) is 0 Å². The van der Waals surface area contributed by atoms with Crippen LogP contribution in [0, 0.1) is 0 Å².